The number of nitrogens with zero attached hydrogens (tertiary/aromatic N) is 2. The van der Waals surface area contributed by atoms with Crippen molar-refractivity contribution in [3.63, 3.8) is 0 Å². The second-order valence-electron chi connectivity index (χ2n) is 5.24. The third kappa shape index (κ3) is 4.15. The highest BCUT2D eigenvalue weighted by atomic mass is 35.5. The molecule has 1 aliphatic rings. The van der Waals surface area contributed by atoms with E-state index in [1.54, 1.807) is 23.1 Å². The minimum atomic E-state index is -0.569. The van der Waals surface area contributed by atoms with Gasteiger partial charge >= 0.3 is 12.1 Å². The van der Waals surface area contributed by atoms with Crippen LogP contribution in [0.25, 0.3) is 0 Å². The van der Waals surface area contributed by atoms with Gasteiger partial charge < -0.3 is 15.0 Å². The average Bonchev–Trinajstić information content (AvgIpc) is 2.99. The van der Waals surface area contributed by atoms with Gasteiger partial charge in [-0.05, 0) is 18.2 Å². The average molecular weight is 401 g/mol. The molecule has 2 aromatic rings. The van der Waals surface area contributed by atoms with Crippen LogP contribution in [0, 0.1) is 0 Å². The fourth-order valence-corrected chi connectivity index (χ4v) is 3.64. The van der Waals surface area contributed by atoms with Gasteiger partial charge in [0.2, 0.25) is 0 Å². The van der Waals surface area contributed by atoms with Crippen molar-refractivity contribution >= 4 is 57.5 Å². The Hall–Kier alpha value is -2.03. The van der Waals surface area contributed by atoms with Gasteiger partial charge in [-0.25, -0.2) is 14.6 Å². The fourth-order valence-electron chi connectivity index (χ4n) is 2.34. The van der Waals surface area contributed by atoms with Gasteiger partial charge in [0.25, 0.3) is 0 Å². The van der Waals surface area contributed by atoms with Gasteiger partial charge in [-0.1, -0.05) is 34.5 Å². The molecule has 1 aromatic carbocycles. The van der Waals surface area contributed by atoms with E-state index in [2.05, 4.69) is 20.4 Å². The standard InChI is InChI=1S/C15H14Cl2N4O3S/c1-24-15(23)20-13-19-11-4-5-21(7-12(11)25-13)14(22)18-8-2-3-9(16)10(17)6-8/h2-3,6H,4-5,7H2,1H3,(H,18,22)(H,19,20,23). The van der Waals surface area contributed by atoms with E-state index in [-0.39, 0.29) is 6.03 Å². The van der Waals surface area contributed by atoms with Crippen molar-refractivity contribution in [2.45, 2.75) is 13.0 Å². The van der Waals surface area contributed by atoms with Crippen LogP contribution in [0.3, 0.4) is 0 Å². The third-order valence-corrected chi connectivity index (χ3v) is 5.32. The lowest BCUT2D eigenvalue weighted by Crippen LogP contribution is -2.38. The lowest BCUT2D eigenvalue weighted by molar-refractivity contribution is 0.187. The number of anilines is 2. The van der Waals surface area contributed by atoms with Crippen molar-refractivity contribution in [1.29, 1.82) is 0 Å². The molecule has 0 radical (unpaired) electrons. The van der Waals surface area contributed by atoms with Crippen LogP contribution in [0.15, 0.2) is 18.2 Å². The zero-order valence-corrected chi connectivity index (χ0v) is 15.5. The number of thiazole rings is 1. The molecule has 2 N–H and O–H groups in total. The van der Waals surface area contributed by atoms with Gasteiger partial charge in [0.05, 0.1) is 29.4 Å². The van der Waals surface area contributed by atoms with Gasteiger partial charge in [-0.2, -0.15) is 0 Å². The monoisotopic (exact) mass is 400 g/mol. The zero-order chi connectivity index (χ0) is 18.0. The maximum atomic E-state index is 12.4. The summed E-state index contributed by atoms with van der Waals surface area (Å²) < 4.78 is 4.55. The zero-order valence-electron chi connectivity index (χ0n) is 13.1. The molecule has 132 valence electrons. The highest BCUT2D eigenvalue weighted by molar-refractivity contribution is 7.15. The number of carbonyl (C=O) groups excluding carboxylic acids is 2. The van der Waals surface area contributed by atoms with Crippen molar-refractivity contribution in [1.82, 2.24) is 9.88 Å². The molecule has 0 saturated carbocycles. The first-order valence-electron chi connectivity index (χ1n) is 7.31. The predicted molar refractivity (Wildman–Crippen MR) is 97.7 cm³/mol. The van der Waals surface area contributed by atoms with Crippen LogP contribution < -0.4 is 10.6 Å². The number of aromatic nitrogens is 1. The summed E-state index contributed by atoms with van der Waals surface area (Å²) in [6.45, 7) is 0.949. The maximum absolute atomic E-state index is 12.4. The molecule has 0 saturated heterocycles. The molecule has 1 aromatic heterocycles. The van der Waals surface area contributed by atoms with E-state index in [0.717, 1.165) is 10.6 Å². The summed E-state index contributed by atoms with van der Waals surface area (Å²) in [6.07, 6.45) is 0.0454. The Morgan fingerprint density at radius 2 is 2.08 bits per heavy atom. The van der Waals surface area contributed by atoms with Crippen molar-refractivity contribution in [3.8, 4) is 0 Å². The van der Waals surface area contributed by atoms with Crippen LogP contribution >= 0.6 is 34.5 Å². The Bertz CT molecular complexity index is 827. The van der Waals surface area contributed by atoms with Crippen LogP contribution in [0.2, 0.25) is 10.0 Å². The first kappa shape index (κ1) is 17.8. The van der Waals surface area contributed by atoms with Crippen molar-refractivity contribution in [2.24, 2.45) is 0 Å². The predicted octanol–water partition coefficient (Wildman–Crippen LogP) is 4.22. The Morgan fingerprint density at radius 3 is 2.80 bits per heavy atom. The van der Waals surface area contributed by atoms with Gasteiger partial charge in [0.15, 0.2) is 5.13 Å². The Morgan fingerprint density at radius 1 is 1.28 bits per heavy atom. The first-order valence-corrected chi connectivity index (χ1v) is 8.88. The molecule has 1 aliphatic heterocycles. The molecular weight excluding hydrogens is 387 g/mol. The Kier molecular flexibility index (Phi) is 5.31. The molecule has 0 aliphatic carbocycles. The Balaban J connectivity index is 1.66. The fraction of sp³-hybridized carbons (Fsp3) is 0.267. The van der Waals surface area contributed by atoms with E-state index in [0.29, 0.717) is 40.4 Å². The van der Waals surface area contributed by atoms with Crippen molar-refractivity contribution < 1.29 is 14.3 Å². The molecule has 10 heteroatoms. The molecule has 7 nitrogen and oxygen atoms in total. The van der Waals surface area contributed by atoms with Gasteiger partial charge in [-0.15, -0.1) is 0 Å². The summed E-state index contributed by atoms with van der Waals surface area (Å²) in [5.74, 6) is 0. The molecule has 0 spiro atoms. The molecule has 25 heavy (non-hydrogen) atoms. The molecular formula is C15H14Cl2N4O3S. The number of urea groups is 1. The van der Waals surface area contributed by atoms with E-state index in [4.69, 9.17) is 23.2 Å². The second kappa shape index (κ2) is 7.47. The number of methoxy groups -OCH3 is 1. The number of hydrogen-bond donors (Lipinski definition) is 2. The van der Waals surface area contributed by atoms with Crippen LogP contribution in [-0.2, 0) is 17.7 Å². The Labute approximate surface area is 157 Å². The SMILES string of the molecule is COC(=O)Nc1nc2c(s1)CN(C(=O)Nc1ccc(Cl)c(Cl)c1)CC2. The summed E-state index contributed by atoms with van der Waals surface area (Å²) in [6, 6.07) is 4.68. The van der Waals surface area contributed by atoms with Crippen LogP contribution in [0.1, 0.15) is 10.6 Å². The molecule has 2 heterocycles. The quantitative estimate of drug-likeness (QED) is 0.790. The third-order valence-electron chi connectivity index (χ3n) is 3.58. The largest absolute Gasteiger partial charge is 0.453 e. The van der Waals surface area contributed by atoms with Crippen LogP contribution in [-0.4, -0.2) is 35.7 Å². The number of hydrogen-bond acceptors (Lipinski definition) is 5. The van der Waals surface area contributed by atoms with E-state index < -0.39 is 6.09 Å². The molecule has 3 rings (SSSR count). The van der Waals surface area contributed by atoms with Crippen molar-refractivity contribution in [3.05, 3.63) is 38.8 Å². The van der Waals surface area contributed by atoms with Crippen LogP contribution in [0.5, 0.6) is 0 Å². The summed E-state index contributed by atoms with van der Waals surface area (Å²) in [5.41, 5.74) is 1.46. The summed E-state index contributed by atoms with van der Waals surface area (Å²) in [7, 11) is 1.29. The van der Waals surface area contributed by atoms with Gasteiger partial charge in [0, 0.05) is 23.5 Å². The summed E-state index contributed by atoms with van der Waals surface area (Å²) >= 11 is 13.2. The van der Waals surface area contributed by atoms with Gasteiger partial charge in [0.1, 0.15) is 0 Å². The molecule has 0 atom stereocenters. The van der Waals surface area contributed by atoms with Crippen LogP contribution in [0.4, 0.5) is 20.4 Å². The molecule has 0 fully saturated rings. The summed E-state index contributed by atoms with van der Waals surface area (Å²) in [5, 5.41) is 6.61. The number of benzene rings is 1. The van der Waals surface area contributed by atoms with E-state index >= 15 is 0 Å². The highest BCUT2D eigenvalue weighted by Gasteiger charge is 2.24. The number of fused-ring (bicyclic) bond motifs is 1. The van der Waals surface area contributed by atoms with E-state index in [1.807, 2.05) is 0 Å². The highest BCUT2D eigenvalue weighted by Crippen LogP contribution is 2.29. The minimum Gasteiger partial charge on any atom is -0.453 e. The van der Waals surface area contributed by atoms with E-state index in [9.17, 15) is 9.59 Å². The number of nitrogens with one attached hydrogen (secondary N) is 2. The number of carbonyl (C=O) groups is 2. The van der Waals surface area contributed by atoms with Gasteiger partial charge in [-0.3, -0.25) is 5.32 Å². The first-order chi connectivity index (χ1) is 12.0. The molecule has 3 amide bonds. The number of ether oxygens (including phenoxy) is 1. The lowest BCUT2D eigenvalue weighted by Gasteiger charge is -2.26. The normalized spacial score (nSPS) is 13.2. The lowest BCUT2D eigenvalue weighted by atomic mass is 10.2. The second-order valence-corrected chi connectivity index (χ2v) is 7.13. The topological polar surface area (TPSA) is 83.6 Å². The minimum absolute atomic E-state index is 0.236. The number of amides is 3. The van der Waals surface area contributed by atoms with E-state index in [1.165, 1.54) is 18.4 Å². The summed E-state index contributed by atoms with van der Waals surface area (Å²) in [4.78, 5) is 30.7. The smallest absolute Gasteiger partial charge is 0.413 e. The molecule has 0 unspecified atom stereocenters. The number of halogens is 2. The maximum Gasteiger partial charge on any atom is 0.413 e. The number of rotatable bonds is 2. The van der Waals surface area contributed by atoms with Crippen molar-refractivity contribution in [2.75, 3.05) is 24.3 Å². The molecule has 0 bridgehead atoms.